The molecule has 15 heavy (non-hydrogen) atoms. The van der Waals surface area contributed by atoms with Gasteiger partial charge in [0.15, 0.2) is 11.5 Å². The zero-order valence-electron chi connectivity index (χ0n) is 8.51. The Kier molecular flexibility index (Phi) is 3.42. The lowest BCUT2D eigenvalue weighted by Crippen LogP contribution is -2.29. The second-order valence-electron chi connectivity index (χ2n) is 3.55. The Balaban J connectivity index is 3.19. The Morgan fingerprint density at radius 3 is 2.47 bits per heavy atom. The molecule has 0 aromatic heterocycles. The summed E-state index contributed by atoms with van der Waals surface area (Å²) in [5.74, 6) is -0.738. The molecule has 0 amide bonds. The van der Waals surface area contributed by atoms with Gasteiger partial charge in [-0.3, -0.25) is 0 Å². The van der Waals surface area contributed by atoms with Crippen LogP contribution in [0.15, 0.2) is 12.1 Å². The van der Waals surface area contributed by atoms with Crippen LogP contribution in [0.1, 0.15) is 12.5 Å². The Morgan fingerprint density at radius 1 is 1.40 bits per heavy atom. The van der Waals surface area contributed by atoms with E-state index in [4.69, 9.17) is 16.7 Å². The van der Waals surface area contributed by atoms with Crippen LogP contribution >= 0.6 is 11.6 Å². The van der Waals surface area contributed by atoms with E-state index in [0.29, 0.717) is 0 Å². The molecule has 0 fully saturated rings. The fourth-order valence-electron chi connectivity index (χ4n) is 1.38. The molecule has 1 atom stereocenters. The second-order valence-corrected chi connectivity index (χ2v) is 3.96. The number of likely N-dealkylation sites (N-methyl/N-ethyl adjacent to an activating group) is 1. The van der Waals surface area contributed by atoms with Crippen molar-refractivity contribution in [2.24, 2.45) is 0 Å². The van der Waals surface area contributed by atoms with E-state index in [9.17, 15) is 9.50 Å². The summed E-state index contributed by atoms with van der Waals surface area (Å²) in [6, 6.07) is 2.26. The maximum absolute atomic E-state index is 14.1. The molecule has 0 aliphatic rings. The van der Waals surface area contributed by atoms with E-state index in [0.717, 1.165) is 12.1 Å². The molecule has 1 rings (SSSR count). The van der Waals surface area contributed by atoms with Gasteiger partial charge in [0.2, 0.25) is 0 Å². The normalized spacial score (nSPS) is 14.9. The average Bonchev–Trinajstić information content (AvgIpc) is 2.11. The van der Waals surface area contributed by atoms with Crippen molar-refractivity contribution < 1.29 is 14.6 Å². The van der Waals surface area contributed by atoms with Gasteiger partial charge >= 0.3 is 0 Å². The third kappa shape index (κ3) is 2.52. The first-order valence-corrected chi connectivity index (χ1v) is 4.81. The maximum Gasteiger partial charge on any atom is 0.158 e. The molecule has 1 aromatic carbocycles. The molecule has 0 spiro atoms. The highest BCUT2D eigenvalue weighted by molar-refractivity contribution is 6.31. The predicted molar refractivity (Wildman–Crippen MR) is 57.2 cm³/mol. The van der Waals surface area contributed by atoms with Gasteiger partial charge in [-0.1, -0.05) is 11.6 Å². The summed E-state index contributed by atoms with van der Waals surface area (Å²) < 4.78 is 14.1. The van der Waals surface area contributed by atoms with E-state index < -0.39 is 5.67 Å². The first kappa shape index (κ1) is 12.1. The van der Waals surface area contributed by atoms with Crippen molar-refractivity contribution in [3.05, 3.63) is 22.7 Å². The number of hydrogen-bond acceptors (Lipinski definition) is 3. The molecular weight excluding hydrogens is 221 g/mol. The van der Waals surface area contributed by atoms with Gasteiger partial charge in [-0.2, -0.15) is 0 Å². The minimum absolute atomic E-state index is 0.0664. The van der Waals surface area contributed by atoms with Gasteiger partial charge in [0.25, 0.3) is 0 Å². The van der Waals surface area contributed by atoms with Crippen LogP contribution in [-0.4, -0.2) is 23.8 Å². The van der Waals surface area contributed by atoms with Crippen molar-refractivity contribution in [3.8, 4) is 11.5 Å². The summed E-state index contributed by atoms with van der Waals surface area (Å²) in [4.78, 5) is 0. The van der Waals surface area contributed by atoms with Crippen LogP contribution in [0.4, 0.5) is 4.39 Å². The third-order valence-corrected chi connectivity index (χ3v) is 2.45. The van der Waals surface area contributed by atoms with Crippen molar-refractivity contribution >= 4 is 11.6 Å². The quantitative estimate of drug-likeness (QED) is 0.702. The summed E-state index contributed by atoms with van der Waals surface area (Å²) in [5, 5.41) is 21.2. The van der Waals surface area contributed by atoms with Gasteiger partial charge in [-0.15, -0.1) is 0 Å². The lowest BCUT2D eigenvalue weighted by molar-refractivity contribution is 0.190. The number of phenolic OH excluding ortho intramolecular Hbond substituents is 2. The third-order valence-electron chi connectivity index (χ3n) is 2.13. The number of rotatable bonds is 3. The highest BCUT2D eigenvalue weighted by Crippen LogP contribution is 2.38. The summed E-state index contributed by atoms with van der Waals surface area (Å²) in [7, 11) is 1.62. The molecule has 0 aliphatic carbocycles. The first-order chi connectivity index (χ1) is 6.88. The van der Waals surface area contributed by atoms with Crippen molar-refractivity contribution in [2.45, 2.75) is 12.6 Å². The minimum atomic E-state index is -1.70. The number of alkyl halides is 1. The summed E-state index contributed by atoms with van der Waals surface area (Å²) in [5.41, 5.74) is -1.55. The van der Waals surface area contributed by atoms with Crippen molar-refractivity contribution in [3.63, 3.8) is 0 Å². The van der Waals surface area contributed by atoms with Crippen LogP contribution in [0.5, 0.6) is 11.5 Å². The highest BCUT2D eigenvalue weighted by atomic mass is 35.5. The standard InChI is InChI=1S/C10H13ClFNO2/c1-10(12,5-13-2)6-3-8(14)9(15)4-7(6)11/h3-4,13-15H,5H2,1-2H3. The van der Waals surface area contributed by atoms with Gasteiger partial charge in [-0.05, 0) is 20.0 Å². The fourth-order valence-corrected chi connectivity index (χ4v) is 1.73. The van der Waals surface area contributed by atoms with E-state index >= 15 is 0 Å². The van der Waals surface area contributed by atoms with Gasteiger partial charge in [0.1, 0.15) is 5.67 Å². The van der Waals surface area contributed by atoms with E-state index in [2.05, 4.69) is 5.32 Å². The fraction of sp³-hybridized carbons (Fsp3) is 0.400. The molecule has 0 saturated heterocycles. The van der Waals surface area contributed by atoms with Crippen LogP contribution in [-0.2, 0) is 5.67 Å². The molecular formula is C10H13ClFNO2. The molecule has 84 valence electrons. The van der Waals surface area contributed by atoms with E-state index in [1.54, 1.807) is 7.05 Å². The zero-order valence-corrected chi connectivity index (χ0v) is 9.27. The first-order valence-electron chi connectivity index (χ1n) is 4.44. The number of halogens is 2. The smallest absolute Gasteiger partial charge is 0.158 e. The van der Waals surface area contributed by atoms with Crippen molar-refractivity contribution in [1.29, 1.82) is 0 Å². The summed E-state index contributed by atoms with van der Waals surface area (Å²) in [6.07, 6.45) is 0. The number of benzene rings is 1. The highest BCUT2D eigenvalue weighted by Gasteiger charge is 2.28. The van der Waals surface area contributed by atoms with Crippen LogP contribution in [0, 0.1) is 0 Å². The molecule has 0 bridgehead atoms. The van der Waals surface area contributed by atoms with Gasteiger partial charge in [0.05, 0.1) is 5.02 Å². The Morgan fingerprint density at radius 2 is 1.93 bits per heavy atom. The Hall–Kier alpha value is -1.00. The predicted octanol–water partition coefficient (Wildman–Crippen LogP) is 2.16. The molecule has 0 aliphatic heterocycles. The number of phenols is 2. The number of hydrogen-bond donors (Lipinski definition) is 3. The SMILES string of the molecule is CNCC(C)(F)c1cc(O)c(O)cc1Cl. The monoisotopic (exact) mass is 233 g/mol. The molecule has 3 nitrogen and oxygen atoms in total. The van der Waals surface area contributed by atoms with Gasteiger partial charge < -0.3 is 15.5 Å². The van der Waals surface area contributed by atoms with Crippen LogP contribution in [0.3, 0.4) is 0 Å². The van der Waals surface area contributed by atoms with E-state index in [1.165, 1.54) is 6.92 Å². The molecule has 1 aromatic rings. The van der Waals surface area contributed by atoms with Gasteiger partial charge in [0, 0.05) is 18.2 Å². The molecule has 0 heterocycles. The molecule has 3 N–H and O–H groups in total. The zero-order chi connectivity index (χ0) is 11.6. The second kappa shape index (κ2) is 4.24. The van der Waals surface area contributed by atoms with E-state index in [-0.39, 0.29) is 28.6 Å². The maximum atomic E-state index is 14.1. The Labute approximate surface area is 92.5 Å². The van der Waals surface area contributed by atoms with Crippen LogP contribution in [0.25, 0.3) is 0 Å². The van der Waals surface area contributed by atoms with Crippen molar-refractivity contribution in [2.75, 3.05) is 13.6 Å². The summed E-state index contributed by atoms with van der Waals surface area (Å²) in [6.45, 7) is 1.41. The topological polar surface area (TPSA) is 52.5 Å². The molecule has 0 radical (unpaired) electrons. The van der Waals surface area contributed by atoms with Crippen LogP contribution in [0.2, 0.25) is 5.02 Å². The summed E-state index contributed by atoms with van der Waals surface area (Å²) >= 11 is 5.78. The number of aromatic hydroxyl groups is 2. The van der Waals surface area contributed by atoms with Crippen molar-refractivity contribution in [1.82, 2.24) is 5.32 Å². The minimum Gasteiger partial charge on any atom is -0.504 e. The number of nitrogens with one attached hydrogen (secondary N) is 1. The molecule has 0 saturated carbocycles. The lowest BCUT2D eigenvalue weighted by Gasteiger charge is -2.22. The molecule has 1 unspecified atom stereocenters. The molecule has 5 heteroatoms. The largest absolute Gasteiger partial charge is 0.504 e. The Bertz CT molecular complexity index is 369. The average molecular weight is 234 g/mol. The lowest BCUT2D eigenvalue weighted by atomic mass is 9.97. The van der Waals surface area contributed by atoms with Gasteiger partial charge in [-0.25, -0.2) is 4.39 Å². The van der Waals surface area contributed by atoms with E-state index in [1.807, 2.05) is 0 Å². The van der Waals surface area contributed by atoms with Crippen LogP contribution < -0.4 is 5.32 Å².